The standard InChI is InChI=1S/C20H27N5O/c1-23(2)14-16-8-4-5-9-17(16)15-24(3)19-13-21-12-18(22-19)20(26)25-10-6-7-11-25/h4-5,8-9,12-13H,6-7,10-11,14-15H2,1-3H3. The number of hydrogen-bond donors (Lipinski definition) is 0. The molecule has 0 atom stereocenters. The highest BCUT2D eigenvalue weighted by molar-refractivity contribution is 5.92. The second kappa shape index (κ2) is 8.27. The van der Waals surface area contributed by atoms with E-state index in [4.69, 9.17) is 0 Å². The molecule has 1 saturated heterocycles. The van der Waals surface area contributed by atoms with Crippen molar-refractivity contribution >= 4 is 11.7 Å². The third kappa shape index (κ3) is 4.38. The number of amides is 1. The Kier molecular flexibility index (Phi) is 5.83. The predicted molar refractivity (Wildman–Crippen MR) is 103 cm³/mol. The summed E-state index contributed by atoms with van der Waals surface area (Å²) in [6.45, 7) is 3.25. The van der Waals surface area contributed by atoms with E-state index >= 15 is 0 Å². The number of anilines is 1. The lowest BCUT2D eigenvalue weighted by molar-refractivity contribution is 0.0786. The summed E-state index contributed by atoms with van der Waals surface area (Å²) in [7, 11) is 6.12. The van der Waals surface area contributed by atoms with Crippen LogP contribution in [0.1, 0.15) is 34.5 Å². The summed E-state index contributed by atoms with van der Waals surface area (Å²) < 4.78 is 0. The van der Waals surface area contributed by atoms with Gasteiger partial charge in [-0.25, -0.2) is 4.98 Å². The molecule has 1 aliphatic rings. The molecule has 6 nitrogen and oxygen atoms in total. The minimum absolute atomic E-state index is 0.0155. The molecule has 3 rings (SSSR count). The van der Waals surface area contributed by atoms with Crippen molar-refractivity contribution in [1.29, 1.82) is 0 Å². The molecule has 2 aromatic rings. The van der Waals surface area contributed by atoms with Crippen molar-refractivity contribution in [3.63, 3.8) is 0 Å². The van der Waals surface area contributed by atoms with Gasteiger partial charge in [0.25, 0.3) is 5.91 Å². The molecule has 0 saturated carbocycles. The fourth-order valence-corrected chi connectivity index (χ4v) is 3.27. The van der Waals surface area contributed by atoms with E-state index in [2.05, 4.69) is 53.2 Å². The summed E-state index contributed by atoms with van der Waals surface area (Å²) in [6, 6.07) is 8.42. The molecular formula is C20H27N5O. The Morgan fingerprint density at radius 3 is 2.35 bits per heavy atom. The van der Waals surface area contributed by atoms with Crippen LogP contribution in [0.2, 0.25) is 0 Å². The maximum Gasteiger partial charge on any atom is 0.274 e. The Balaban J connectivity index is 1.75. The van der Waals surface area contributed by atoms with Gasteiger partial charge in [0.2, 0.25) is 0 Å². The van der Waals surface area contributed by atoms with Crippen molar-refractivity contribution in [3.05, 3.63) is 53.5 Å². The van der Waals surface area contributed by atoms with E-state index < -0.39 is 0 Å². The van der Waals surface area contributed by atoms with Gasteiger partial charge < -0.3 is 14.7 Å². The first-order valence-electron chi connectivity index (χ1n) is 9.08. The normalized spacial score (nSPS) is 14.1. The first kappa shape index (κ1) is 18.3. The molecule has 6 heteroatoms. The molecule has 0 spiro atoms. The zero-order chi connectivity index (χ0) is 18.5. The number of carbonyl (C=O) groups is 1. The first-order valence-corrected chi connectivity index (χ1v) is 9.08. The van der Waals surface area contributed by atoms with Crippen LogP contribution in [0.3, 0.4) is 0 Å². The van der Waals surface area contributed by atoms with Crippen LogP contribution in [0.4, 0.5) is 5.82 Å². The Morgan fingerprint density at radius 1 is 1.04 bits per heavy atom. The molecule has 1 aliphatic heterocycles. The second-order valence-electron chi connectivity index (χ2n) is 7.12. The van der Waals surface area contributed by atoms with Crippen molar-refractivity contribution in [2.45, 2.75) is 25.9 Å². The average molecular weight is 353 g/mol. The van der Waals surface area contributed by atoms with Gasteiger partial charge in [0.15, 0.2) is 0 Å². The van der Waals surface area contributed by atoms with Crippen LogP contribution in [0.15, 0.2) is 36.7 Å². The van der Waals surface area contributed by atoms with Gasteiger partial charge in [-0.05, 0) is 38.1 Å². The minimum atomic E-state index is -0.0155. The third-order valence-corrected chi connectivity index (χ3v) is 4.64. The summed E-state index contributed by atoms with van der Waals surface area (Å²) in [5, 5.41) is 0. The zero-order valence-corrected chi connectivity index (χ0v) is 15.9. The Hall–Kier alpha value is -2.47. The van der Waals surface area contributed by atoms with Gasteiger partial charge in [-0.2, -0.15) is 0 Å². The smallest absolute Gasteiger partial charge is 0.274 e. The van der Waals surface area contributed by atoms with Crippen LogP contribution in [-0.4, -0.2) is 59.9 Å². The number of likely N-dealkylation sites (tertiary alicyclic amines) is 1. The van der Waals surface area contributed by atoms with Crippen LogP contribution < -0.4 is 4.90 Å². The van der Waals surface area contributed by atoms with Crippen molar-refractivity contribution in [2.24, 2.45) is 0 Å². The van der Waals surface area contributed by atoms with Crippen molar-refractivity contribution < 1.29 is 4.79 Å². The number of rotatable bonds is 6. The van der Waals surface area contributed by atoms with E-state index in [0.29, 0.717) is 5.69 Å². The summed E-state index contributed by atoms with van der Waals surface area (Å²) in [6.07, 6.45) is 5.43. The first-order chi connectivity index (χ1) is 12.5. The van der Waals surface area contributed by atoms with Gasteiger partial charge in [-0.3, -0.25) is 9.78 Å². The lowest BCUT2D eigenvalue weighted by Gasteiger charge is -2.22. The maximum atomic E-state index is 12.6. The molecule has 138 valence electrons. The van der Waals surface area contributed by atoms with Gasteiger partial charge in [-0.1, -0.05) is 24.3 Å². The SMILES string of the molecule is CN(C)Cc1ccccc1CN(C)c1cncc(C(=O)N2CCCC2)n1. The van der Waals surface area contributed by atoms with Crippen molar-refractivity contribution in [1.82, 2.24) is 19.8 Å². The zero-order valence-electron chi connectivity index (χ0n) is 15.9. The van der Waals surface area contributed by atoms with E-state index in [-0.39, 0.29) is 5.91 Å². The van der Waals surface area contributed by atoms with Crippen LogP contribution in [0.5, 0.6) is 0 Å². The third-order valence-electron chi connectivity index (χ3n) is 4.64. The fraction of sp³-hybridized carbons (Fsp3) is 0.450. The summed E-state index contributed by atoms with van der Waals surface area (Å²) in [4.78, 5) is 27.4. The van der Waals surface area contributed by atoms with Gasteiger partial charge in [0.1, 0.15) is 11.5 Å². The quantitative estimate of drug-likeness (QED) is 0.798. The number of aromatic nitrogens is 2. The maximum absolute atomic E-state index is 12.6. The molecule has 0 radical (unpaired) electrons. The molecule has 1 fully saturated rings. The van der Waals surface area contributed by atoms with E-state index in [9.17, 15) is 4.79 Å². The topological polar surface area (TPSA) is 52.6 Å². The lowest BCUT2D eigenvalue weighted by Crippen LogP contribution is -2.29. The largest absolute Gasteiger partial charge is 0.354 e. The molecule has 0 aliphatic carbocycles. The number of carbonyl (C=O) groups excluding carboxylic acids is 1. The van der Waals surface area contributed by atoms with Crippen LogP contribution in [-0.2, 0) is 13.1 Å². The van der Waals surface area contributed by atoms with Crippen molar-refractivity contribution in [2.75, 3.05) is 39.1 Å². The lowest BCUT2D eigenvalue weighted by atomic mass is 10.1. The van der Waals surface area contributed by atoms with E-state index in [1.54, 1.807) is 12.4 Å². The Bertz CT molecular complexity index is 755. The molecule has 1 aromatic heterocycles. The van der Waals surface area contributed by atoms with Crippen LogP contribution >= 0.6 is 0 Å². The minimum Gasteiger partial charge on any atom is -0.354 e. The van der Waals surface area contributed by atoms with Crippen molar-refractivity contribution in [3.8, 4) is 0 Å². The molecule has 1 aromatic carbocycles. The molecule has 0 unspecified atom stereocenters. The number of nitrogens with zero attached hydrogens (tertiary/aromatic N) is 5. The second-order valence-corrected chi connectivity index (χ2v) is 7.12. The van der Waals surface area contributed by atoms with Gasteiger partial charge in [0.05, 0.1) is 12.4 Å². The Labute approximate surface area is 155 Å². The van der Waals surface area contributed by atoms with E-state index in [1.165, 1.54) is 11.1 Å². The van der Waals surface area contributed by atoms with E-state index in [1.807, 2.05) is 16.8 Å². The molecule has 1 amide bonds. The number of hydrogen-bond acceptors (Lipinski definition) is 5. The summed E-state index contributed by atoms with van der Waals surface area (Å²) >= 11 is 0. The van der Waals surface area contributed by atoms with Crippen LogP contribution in [0, 0.1) is 0 Å². The number of benzene rings is 1. The van der Waals surface area contributed by atoms with Crippen LogP contribution in [0.25, 0.3) is 0 Å². The predicted octanol–water partition coefficient (Wildman–Crippen LogP) is 2.41. The van der Waals surface area contributed by atoms with Gasteiger partial charge in [0, 0.05) is 33.2 Å². The highest BCUT2D eigenvalue weighted by Gasteiger charge is 2.21. The summed E-state index contributed by atoms with van der Waals surface area (Å²) in [5.41, 5.74) is 2.97. The fourth-order valence-electron chi connectivity index (χ4n) is 3.27. The highest BCUT2D eigenvalue weighted by Crippen LogP contribution is 2.18. The molecular weight excluding hydrogens is 326 g/mol. The highest BCUT2D eigenvalue weighted by atomic mass is 16.2. The molecule has 2 heterocycles. The molecule has 0 N–H and O–H groups in total. The average Bonchev–Trinajstić information content (AvgIpc) is 3.17. The summed E-state index contributed by atoms with van der Waals surface area (Å²) in [5.74, 6) is 0.702. The Morgan fingerprint density at radius 2 is 1.69 bits per heavy atom. The molecule has 0 bridgehead atoms. The van der Waals surface area contributed by atoms with Gasteiger partial charge in [-0.15, -0.1) is 0 Å². The monoisotopic (exact) mass is 353 g/mol. The van der Waals surface area contributed by atoms with Gasteiger partial charge >= 0.3 is 0 Å². The van der Waals surface area contributed by atoms with E-state index in [0.717, 1.165) is 44.8 Å². The molecule has 26 heavy (non-hydrogen) atoms.